The molecule has 12 heteroatoms. The van der Waals surface area contributed by atoms with Crippen molar-refractivity contribution in [3.8, 4) is 11.1 Å². The minimum Gasteiger partial charge on any atom is -0.462 e. The molecule has 0 unspecified atom stereocenters. The van der Waals surface area contributed by atoms with Crippen molar-refractivity contribution in [1.82, 2.24) is 15.7 Å². The molecule has 0 saturated heterocycles. The molecule has 12 nitrogen and oxygen atoms in total. The van der Waals surface area contributed by atoms with E-state index in [0.29, 0.717) is 34.8 Å². The number of nitrogens with two attached hydrogens (primary N) is 1. The molecule has 0 fully saturated rings. The highest BCUT2D eigenvalue weighted by Crippen LogP contribution is 2.39. The van der Waals surface area contributed by atoms with Crippen LogP contribution in [0, 0.1) is 0 Å². The van der Waals surface area contributed by atoms with E-state index >= 15 is 0 Å². The fourth-order valence-electron chi connectivity index (χ4n) is 3.61. The lowest BCUT2D eigenvalue weighted by Gasteiger charge is -2.18. The molecule has 4 N–H and O–H groups in total. The van der Waals surface area contributed by atoms with Crippen molar-refractivity contribution in [2.75, 3.05) is 39.1 Å². The first-order valence-electron chi connectivity index (χ1n) is 11.0. The van der Waals surface area contributed by atoms with Gasteiger partial charge in [-0.1, -0.05) is 24.3 Å². The van der Waals surface area contributed by atoms with Gasteiger partial charge in [0.15, 0.2) is 5.96 Å². The SMILES string of the molecule is CCOC(=O)c1c2ccc(CC(=O)N(OC)C(=O)NC3=NCCN3)ccc-2c(C(=O)OCC)c1N. The number of esters is 2. The van der Waals surface area contributed by atoms with Gasteiger partial charge in [0.05, 0.1) is 50.1 Å². The number of anilines is 1. The molecule has 3 amide bonds. The van der Waals surface area contributed by atoms with Gasteiger partial charge in [0.25, 0.3) is 5.91 Å². The van der Waals surface area contributed by atoms with Crippen molar-refractivity contribution in [3.63, 3.8) is 0 Å². The third kappa shape index (κ3) is 5.49. The lowest BCUT2D eigenvalue weighted by Crippen LogP contribution is -2.48. The summed E-state index contributed by atoms with van der Waals surface area (Å²) in [6.45, 7) is 4.65. The monoisotopic (exact) mass is 485 g/mol. The van der Waals surface area contributed by atoms with Gasteiger partial charge in [-0.25, -0.2) is 14.4 Å². The van der Waals surface area contributed by atoms with Crippen LogP contribution in [0.2, 0.25) is 0 Å². The summed E-state index contributed by atoms with van der Waals surface area (Å²) in [6, 6.07) is 5.51. The fraction of sp³-hybridized carbons (Fsp3) is 0.348. The highest BCUT2D eigenvalue weighted by Gasteiger charge is 2.31. The van der Waals surface area contributed by atoms with Gasteiger partial charge in [-0.15, -0.1) is 5.06 Å². The largest absolute Gasteiger partial charge is 0.462 e. The van der Waals surface area contributed by atoms with Gasteiger partial charge in [0.1, 0.15) is 0 Å². The summed E-state index contributed by atoms with van der Waals surface area (Å²) in [7, 11) is 1.20. The van der Waals surface area contributed by atoms with Crippen LogP contribution >= 0.6 is 0 Å². The second-order valence-electron chi connectivity index (χ2n) is 7.31. The molecule has 2 aliphatic carbocycles. The number of aliphatic imine (C=N–C) groups is 1. The summed E-state index contributed by atoms with van der Waals surface area (Å²) < 4.78 is 10.2. The fourth-order valence-corrected chi connectivity index (χ4v) is 3.61. The zero-order chi connectivity index (χ0) is 25.5. The summed E-state index contributed by atoms with van der Waals surface area (Å²) in [6.07, 6.45) is -0.211. The van der Waals surface area contributed by atoms with E-state index in [0.717, 1.165) is 0 Å². The molecule has 35 heavy (non-hydrogen) atoms. The second-order valence-corrected chi connectivity index (χ2v) is 7.31. The Bertz CT molecular complexity index is 1090. The number of guanidine groups is 1. The molecule has 0 radical (unpaired) electrons. The Hall–Kier alpha value is -4.19. The van der Waals surface area contributed by atoms with Crippen LogP contribution in [0.5, 0.6) is 0 Å². The van der Waals surface area contributed by atoms with Crippen LogP contribution in [0.4, 0.5) is 10.5 Å². The molecule has 0 aromatic rings. The van der Waals surface area contributed by atoms with Crippen LogP contribution in [0.1, 0.15) is 40.1 Å². The summed E-state index contributed by atoms with van der Waals surface area (Å²) in [5, 5.41) is 5.91. The van der Waals surface area contributed by atoms with E-state index in [4.69, 9.17) is 20.0 Å². The van der Waals surface area contributed by atoms with E-state index in [1.54, 1.807) is 38.1 Å². The quantitative estimate of drug-likeness (QED) is 0.388. The van der Waals surface area contributed by atoms with Crippen molar-refractivity contribution in [3.05, 3.63) is 41.0 Å². The van der Waals surface area contributed by atoms with Crippen LogP contribution in [0.15, 0.2) is 29.3 Å². The van der Waals surface area contributed by atoms with E-state index in [2.05, 4.69) is 15.6 Å². The molecule has 3 rings (SSSR count). The average Bonchev–Trinajstić information content (AvgIpc) is 3.36. The minimum absolute atomic E-state index is 0.0357. The van der Waals surface area contributed by atoms with Gasteiger partial charge < -0.3 is 20.5 Å². The number of ether oxygens (including phenoxy) is 2. The van der Waals surface area contributed by atoms with E-state index in [1.807, 2.05) is 0 Å². The second kappa shape index (κ2) is 11.3. The molecule has 3 aliphatic rings. The van der Waals surface area contributed by atoms with Crippen molar-refractivity contribution >= 4 is 35.5 Å². The predicted octanol–water partition coefficient (Wildman–Crippen LogP) is 1.33. The van der Waals surface area contributed by atoms with Gasteiger partial charge >= 0.3 is 18.0 Å². The molecule has 1 aliphatic heterocycles. The number of imide groups is 1. The molecule has 0 spiro atoms. The number of nitrogens with one attached hydrogen (secondary N) is 2. The molecule has 1 heterocycles. The third-order valence-corrected chi connectivity index (χ3v) is 5.10. The number of nitrogen functional groups attached to an aromatic ring is 1. The summed E-state index contributed by atoms with van der Waals surface area (Å²) >= 11 is 0. The zero-order valence-electron chi connectivity index (χ0n) is 19.7. The molecule has 186 valence electrons. The summed E-state index contributed by atoms with van der Waals surface area (Å²) in [5.74, 6) is -1.75. The Morgan fingerprint density at radius 2 is 1.60 bits per heavy atom. The maximum Gasteiger partial charge on any atom is 0.355 e. The highest BCUT2D eigenvalue weighted by atomic mass is 16.7. The maximum absolute atomic E-state index is 12.8. The van der Waals surface area contributed by atoms with E-state index in [1.165, 1.54) is 7.11 Å². The van der Waals surface area contributed by atoms with Gasteiger partial charge in [-0.2, -0.15) is 0 Å². The molecule has 0 aromatic heterocycles. The van der Waals surface area contributed by atoms with Gasteiger partial charge in [-0.3, -0.25) is 19.9 Å². The Morgan fingerprint density at radius 3 is 2.06 bits per heavy atom. The lowest BCUT2D eigenvalue weighted by molar-refractivity contribution is -0.159. The van der Waals surface area contributed by atoms with Crippen molar-refractivity contribution in [2.45, 2.75) is 20.3 Å². The number of fused-ring (bicyclic) bond motifs is 1. The normalized spacial score (nSPS) is 12.5. The number of hydrogen-bond acceptors (Lipinski definition) is 10. The Labute approximate surface area is 201 Å². The molecule has 0 saturated carbocycles. The van der Waals surface area contributed by atoms with Crippen LogP contribution in [0.3, 0.4) is 0 Å². The summed E-state index contributed by atoms with van der Waals surface area (Å²) in [5.41, 5.74) is 7.43. The number of carbonyl (C=O) groups is 4. The molecule has 0 bridgehead atoms. The number of urea groups is 1. The first kappa shape index (κ1) is 25.4. The topological polar surface area (TPSA) is 162 Å². The van der Waals surface area contributed by atoms with Crippen LogP contribution < -0.4 is 16.4 Å². The number of hydroxylamine groups is 2. The predicted molar refractivity (Wildman–Crippen MR) is 126 cm³/mol. The summed E-state index contributed by atoms with van der Waals surface area (Å²) in [4.78, 5) is 59.4. The number of carbonyl (C=O) groups excluding carboxylic acids is 4. The zero-order valence-corrected chi connectivity index (χ0v) is 19.7. The van der Waals surface area contributed by atoms with E-state index in [9.17, 15) is 19.2 Å². The first-order chi connectivity index (χ1) is 16.8. The molecular formula is C23H27N5O7. The smallest absolute Gasteiger partial charge is 0.355 e. The average molecular weight is 485 g/mol. The highest BCUT2D eigenvalue weighted by molar-refractivity contribution is 6.15. The van der Waals surface area contributed by atoms with Crippen molar-refractivity contribution < 1.29 is 33.5 Å². The van der Waals surface area contributed by atoms with Gasteiger partial charge in [-0.05, 0) is 30.5 Å². The Kier molecular flexibility index (Phi) is 8.21. The lowest BCUT2D eigenvalue weighted by atomic mass is 10.1. The van der Waals surface area contributed by atoms with E-state index in [-0.39, 0.29) is 42.4 Å². The van der Waals surface area contributed by atoms with Crippen LogP contribution in [0.25, 0.3) is 11.1 Å². The standard InChI is InChI=1S/C23H27N5O7/c1-4-34-20(30)17-14-8-6-13(7-9-15(14)18(19(17)24)21(31)35-5-2)12-16(29)28(33-3)23(32)27-22-25-10-11-26-22/h6-9H,4-5,10-12,24H2,1-3H3,(H2,25,26,27,32). The first-order valence-corrected chi connectivity index (χ1v) is 11.0. The number of rotatable bonds is 7. The van der Waals surface area contributed by atoms with Crippen LogP contribution in [-0.2, 0) is 25.5 Å². The maximum atomic E-state index is 12.8. The Morgan fingerprint density at radius 1 is 1.03 bits per heavy atom. The van der Waals surface area contributed by atoms with Crippen molar-refractivity contribution in [2.24, 2.45) is 4.99 Å². The molecule has 0 atom stereocenters. The third-order valence-electron chi connectivity index (χ3n) is 5.10. The number of nitrogens with zero attached hydrogens (tertiary/aromatic N) is 2. The van der Waals surface area contributed by atoms with Crippen molar-refractivity contribution in [1.29, 1.82) is 0 Å². The van der Waals surface area contributed by atoms with E-state index < -0.39 is 23.9 Å². The van der Waals surface area contributed by atoms with Gasteiger partial charge in [0.2, 0.25) is 0 Å². The number of hydrogen-bond donors (Lipinski definition) is 3. The molecular weight excluding hydrogens is 458 g/mol. The Balaban J connectivity index is 1.93. The van der Waals surface area contributed by atoms with Gasteiger partial charge in [0, 0.05) is 6.54 Å². The molecule has 0 aromatic carbocycles. The number of amides is 3. The van der Waals surface area contributed by atoms with Crippen LogP contribution in [-0.4, -0.2) is 68.3 Å². The minimum atomic E-state index is -0.799.